The number of aromatic nitrogens is 3. The minimum Gasteiger partial charge on any atom is -0.396 e. The number of rotatable bonds is 5. The lowest BCUT2D eigenvalue weighted by Crippen LogP contribution is -2.50. The minimum atomic E-state index is -0.251. The molecule has 0 spiro atoms. The van der Waals surface area contributed by atoms with Crippen LogP contribution in [0, 0.1) is 11.3 Å². The number of carbonyl (C=O) groups excluding carboxylic acids is 1. The van der Waals surface area contributed by atoms with E-state index in [0.29, 0.717) is 0 Å². The molecule has 7 heteroatoms. The fourth-order valence-electron chi connectivity index (χ4n) is 3.61. The third-order valence-electron chi connectivity index (χ3n) is 5.32. The van der Waals surface area contributed by atoms with E-state index >= 15 is 0 Å². The lowest BCUT2D eigenvalue weighted by Gasteiger charge is -2.31. The molecule has 25 heavy (non-hydrogen) atoms. The smallest absolute Gasteiger partial charge is 0.315 e. The first-order valence-electron chi connectivity index (χ1n) is 8.92. The molecule has 2 aromatic rings. The van der Waals surface area contributed by atoms with Gasteiger partial charge in [0.05, 0.1) is 12.6 Å². The van der Waals surface area contributed by atoms with Crippen LogP contribution in [-0.2, 0) is 0 Å². The van der Waals surface area contributed by atoms with Crippen LogP contribution in [0.15, 0.2) is 24.4 Å². The summed E-state index contributed by atoms with van der Waals surface area (Å²) in [6.45, 7) is 6.20. The predicted octanol–water partition coefficient (Wildman–Crippen LogP) is 2.28. The monoisotopic (exact) mass is 345 g/mol. The van der Waals surface area contributed by atoms with Gasteiger partial charge in [0, 0.05) is 17.7 Å². The van der Waals surface area contributed by atoms with Crippen molar-refractivity contribution >= 4 is 11.7 Å². The van der Waals surface area contributed by atoms with E-state index in [-0.39, 0.29) is 36.1 Å². The highest BCUT2D eigenvalue weighted by molar-refractivity contribution is 5.75. The Morgan fingerprint density at radius 1 is 1.44 bits per heavy atom. The van der Waals surface area contributed by atoms with Crippen LogP contribution in [0.4, 0.5) is 4.79 Å². The van der Waals surface area contributed by atoms with E-state index in [2.05, 4.69) is 20.8 Å². The molecular weight excluding hydrogens is 318 g/mol. The summed E-state index contributed by atoms with van der Waals surface area (Å²) in [5.74, 6) is 0.878. The topological polar surface area (TPSA) is 91.5 Å². The molecule has 2 heterocycles. The first kappa shape index (κ1) is 17.7. The van der Waals surface area contributed by atoms with Crippen molar-refractivity contribution in [3.05, 3.63) is 30.2 Å². The minimum absolute atomic E-state index is 0.0135. The molecular formula is C18H27N5O2. The van der Waals surface area contributed by atoms with Crippen molar-refractivity contribution in [2.45, 2.75) is 52.1 Å². The maximum Gasteiger partial charge on any atom is 0.315 e. The molecule has 136 valence electrons. The normalized spacial score (nSPS) is 24.6. The highest BCUT2D eigenvalue weighted by Gasteiger charge is 2.39. The number of urea groups is 1. The molecule has 3 unspecified atom stereocenters. The Bertz CT molecular complexity index is 744. The Hall–Kier alpha value is -2.15. The molecule has 3 atom stereocenters. The van der Waals surface area contributed by atoms with E-state index in [1.165, 1.54) is 0 Å². The maximum absolute atomic E-state index is 12.6. The summed E-state index contributed by atoms with van der Waals surface area (Å²) in [5, 5.41) is 24.2. The summed E-state index contributed by atoms with van der Waals surface area (Å²) >= 11 is 0. The van der Waals surface area contributed by atoms with Crippen LogP contribution < -0.4 is 10.6 Å². The fraction of sp³-hybridized carbons (Fsp3) is 0.611. The van der Waals surface area contributed by atoms with Gasteiger partial charge in [0.15, 0.2) is 11.5 Å². The van der Waals surface area contributed by atoms with Crippen molar-refractivity contribution in [3.8, 4) is 0 Å². The highest BCUT2D eigenvalue weighted by atomic mass is 16.3. The molecule has 0 saturated heterocycles. The second-order valence-electron chi connectivity index (χ2n) is 7.58. The number of fused-ring (bicyclic) bond motifs is 1. The van der Waals surface area contributed by atoms with Crippen LogP contribution in [0.2, 0.25) is 0 Å². The average Bonchev–Trinajstić information content (AvgIpc) is 3.17. The molecule has 2 aromatic heterocycles. The number of aliphatic hydroxyl groups excluding tert-OH is 1. The molecule has 0 aliphatic heterocycles. The number of pyridine rings is 1. The van der Waals surface area contributed by atoms with Gasteiger partial charge in [-0.1, -0.05) is 33.3 Å². The molecule has 3 rings (SSSR count). The first-order chi connectivity index (χ1) is 11.9. The third-order valence-corrected chi connectivity index (χ3v) is 5.32. The molecule has 0 radical (unpaired) electrons. The van der Waals surface area contributed by atoms with Gasteiger partial charge in [0.25, 0.3) is 0 Å². The van der Waals surface area contributed by atoms with E-state index < -0.39 is 0 Å². The van der Waals surface area contributed by atoms with Gasteiger partial charge in [-0.2, -0.15) is 0 Å². The predicted molar refractivity (Wildman–Crippen MR) is 95.1 cm³/mol. The quantitative estimate of drug-likeness (QED) is 0.775. The van der Waals surface area contributed by atoms with Crippen molar-refractivity contribution in [2.75, 3.05) is 6.61 Å². The van der Waals surface area contributed by atoms with Crippen LogP contribution in [0.3, 0.4) is 0 Å². The summed E-state index contributed by atoms with van der Waals surface area (Å²) < 4.78 is 1.90. The van der Waals surface area contributed by atoms with Crippen molar-refractivity contribution in [2.24, 2.45) is 11.3 Å². The van der Waals surface area contributed by atoms with Crippen molar-refractivity contribution in [3.63, 3.8) is 0 Å². The largest absolute Gasteiger partial charge is 0.396 e. The molecule has 1 aliphatic carbocycles. The summed E-state index contributed by atoms with van der Waals surface area (Å²) in [6, 6.07) is 5.23. The van der Waals surface area contributed by atoms with Gasteiger partial charge >= 0.3 is 6.03 Å². The highest BCUT2D eigenvalue weighted by Crippen LogP contribution is 2.37. The zero-order valence-corrected chi connectivity index (χ0v) is 15.1. The molecule has 7 nitrogen and oxygen atoms in total. The standard InChI is InChI=1S/C18H27N5O2/c1-12(2)15(16-22-21-14-8-4-5-10-23(14)16)20-17(25)19-13-7-6-9-18(13,3)11-24/h4-5,8,10,12-13,15,24H,6-7,9,11H2,1-3H3,(H2,19,20,25). The van der Waals surface area contributed by atoms with Gasteiger partial charge in [-0.15, -0.1) is 10.2 Å². The van der Waals surface area contributed by atoms with Gasteiger partial charge in [-0.25, -0.2) is 4.79 Å². The van der Waals surface area contributed by atoms with E-state index in [1.54, 1.807) is 0 Å². The van der Waals surface area contributed by atoms with Crippen molar-refractivity contribution in [1.29, 1.82) is 0 Å². The zero-order valence-electron chi connectivity index (χ0n) is 15.1. The summed E-state index contributed by atoms with van der Waals surface area (Å²) in [5.41, 5.74) is 0.515. The molecule has 0 aromatic carbocycles. The number of amides is 2. The summed E-state index contributed by atoms with van der Waals surface area (Å²) in [6.07, 6.45) is 4.74. The average molecular weight is 345 g/mol. The fourth-order valence-corrected chi connectivity index (χ4v) is 3.61. The summed E-state index contributed by atoms with van der Waals surface area (Å²) in [7, 11) is 0. The van der Waals surface area contributed by atoms with E-state index in [4.69, 9.17) is 0 Å². The van der Waals surface area contributed by atoms with Gasteiger partial charge in [-0.05, 0) is 30.9 Å². The van der Waals surface area contributed by atoms with Crippen LogP contribution in [-0.4, -0.2) is 38.4 Å². The Kier molecular flexibility index (Phi) is 4.94. The second-order valence-corrected chi connectivity index (χ2v) is 7.58. The SMILES string of the molecule is CC(C)C(NC(=O)NC1CCCC1(C)CO)c1nnc2ccccn12. The number of carbonyl (C=O) groups is 1. The Balaban J connectivity index is 1.75. The lowest BCUT2D eigenvalue weighted by atomic mass is 9.86. The van der Waals surface area contributed by atoms with Gasteiger partial charge in [-0.3, -0.25) is 4.40 Å². The van der Waals surface area contributed by atoms with Crippen molar-refractivity contribution in [1.82, 2.24) is 25.2 Å². The zero-order chi connectivity index (χ0) is 18.0. The van der Waals surface area contributed by atoms with Gasteiger partial charge < -0.3 is 15.7 Å². The number of nitrogens with zero attached hydrogens (tertiary/aromatic N) is 3. The van der Waals surface area contributed by atoms with Crippen LogP contribution >= 0.6 is 0 Å². The van der Waals surface area contributed by atoms with E-state index in [1.807, 2.05) is 49.6 Å². The number of nitrogens with one attached hydrogen (secondary N) is 2. The Morgan fingerprint density at radius 2 is 2.24 bits per heavy atom. The second kappa shape index (κ2) is 7.00. The first-order valence-corrected chi connectivity index (χ1v) is 8.92. The van der Waals surface area contributed by atoms with Crippen LogP contribution in [0.5, 0.6) is 0 Å². The number of aliphatic hydroxyl groups is 1. The van der Waals surface area contributed by atoms with Crippen LogP contribution in [0.25, 0.3) is 5.65 Å². The molecule has 1 aliphatic rings. The lowest BCUT2D eigenvalue weighted by molar-refractivity contribution is 0.120. The molecule has 3 N–H and O–H groups in total. The third kappa shape index (κ3) is 3.46. The molecule has 1 saturated carbocycles. The Labute approximate surface area is 147 Å². The molecule has 0 bridgehead atoms. The Morgan fingerprint density at radius 3 is 2.96 bits per heavy atom. The number of hydrogen-bond donors (Lipinski definition) is 3. The molecule has 2 amide bonds. The summed E-state index contributed by atoms with van der Waals surface area (Å²) in [4.78, 5) is 12.6. The van der Waals surface area contributed by atoms with Gasteiger partial charge in [0.2, 0.25) is 0 Å². The van der Waals surface area contributed by atoms with E-state index in [0.717, 1.165) is 30.7 Å². The maximum atomic E-state index is 12.6. The van der Waals surface area contributed by atoms with Gasteiger partial charge in [0.1, 0.15) is 0 Å². The van der Waals surface area contributed by atoms with Crippen LogP contribution in [0.1, 0.15) is 51.9 Å². The van der Waals surface area contributed by atoms with Crippen molar-refractivity contribution < 1.29 is 9.90 Å². The number of hydrogen-bond acceptors (Lipinski definition) is 4. The van der Waals surface area contributed by atoms with E-state index in [9.17, 15) is 9.90 Å². The molecule has 1 fully saturated rings.